The highest BCUT2D eigenvalue weighted by molar-refractivity contribution is 6.75. The predicted octanol–water partition coefficient (Wildman–Crippen LogP) is -0.0900. The minimum atomic E-state index is -0.737. The maximum absolute atomic E-state index is 11.2. The number of hydrogen-bond donors (Lipinski definition) is 2. The van der Waals surface area contributed by atoms with Crippen LogP contribution >= 0.6 is 0 Å². The Balaban J connectivity index is 3.59. The molecule has 0 amide bonds. The quantitative estimate of drug-likeness (QED) is 0.565. The average molecular weight is 169 g/mol. The molecule has 0 rings (SSSR count). The van der Waals surface area contributed by atoms with Crippen LogP contribution in [0.1, 0.15) is 27.7 Å². The van der Waals surface area contributed by atoms with Crippen molar-refractivity contribution in [2.24, 2.45) is 5.73 Å². The van der Waals surface area contributed by atoms with E-state index in [9.17, 15) is 4.79 Å². The van der Waals surface area contributed by atoms with Crippen molar-refractivity contribution in [3.05, 3.63) is 0 Å². The van der Waals surface area contributed by atoms with Crippen LogP contribution in [0.5, 0.6) is 0 Å². The van der Waals surface area contributed by atoms with E-state index in [4.69, 9.17) is 5.73 Å². The van der Waals surface area contributed by atoms with Gasteiger partial charge in [-0.25, -0.2) is 0 Å². The second kappa shape index (κ2) is 4.62. The lowest BCUT2D eigenvalue weighted by molar-refractivity contribution is -0.115. The summed E-state index contributed by atoms with van der Waals surface area (Å²) in [7, 11) is 1.60. The first-order valence-corrected chi connectivity index (χ1v) is 4.24. The molecule has 3 N–H and O–H groups in total. The summed E-state index contributed by atoms with van der Waals surface area (Å²) in [6, 6.07) is 0.398. The van der Waals surface area contributed by atoms with E-state index in [2.05, 4.69) is 5.32 Å². The third-order valence-corrected chi connectivity index (χ3v) is 1.45. The molecule has 0 aromatic carbocycles. The fourth-order valence-corrected chi connectivity index (χ4v) is 0.650. The van der Waals surface area contributed by atoms with Crippen LogP contribution in [0.4, 0.5) is 0 Å². The predicted molar refractivity (Wildman–Crippen MR) is 52.2 cm³/mol. The van der Waals surface area contributed by atoms with Crippen molar-refractivity contribution in [2.45, 2.75) is 39.3 Å². The van der Waals surface area contributed by atoms with Gasteiger partial charge in [0.15, 0.2) is 0 Å². The van der Waals surface area contributed by atoms with E-state index in [1.54, 1.807) is 21.1 Å². The van der Waals surface area contributed by atoms with Crippen molar-refractivity contribution in [2.75, 3.05) is 6.44 Å². The third kappa shape index (κ3) is 5.32. The number of hydrogen-bond acceptors (Lipinski definition) is 3. The van der Waals surface area contributed by atoms with Gasteiger partial charge in [-0.1, -0.05) is 13.8 Å². The lowest BCUT2D eigenvalue weighted by Gasteiger charge is -2.16. The van der Waals surface area contributed by atoms with Crippen LogP contribution in [0.15, 0.2) is 0 Å². The molecule has 0 heterocycles. The molecule has 0 fully saturated rings. The molecular weight excluding hydrogens is 151 g/mol. The largest absolute Gasteiger partial charge is 0.322 e. The second-order valence-electron chi connectivity index (χ2n) is 3.85. The SMILES string of the molecule is CC(C)NC[B]C(=O)C(C)(C)N. The Morgan fingerprint density at radius 2 is 2.08 bits per heavy atom. The Morgan fingerprint density at radius 1 is 1.58 bits per heavy atom. The molecule has 0 aliphatic rings. The van der Waals surface area contributed by atoms with E-state index in [0.717, 1.165) is 0 Å². The van der Waals surface area contributed by atoms with Crippen molar-refractivity contribution in [1.29, 1.82) is 0 Å². The maximum Gasteiger partial charge on any atom is 0.221 e. The smallest absolute Gasteiger partial charge is 0.221 e. The van der Waals surface area contributed by atoms with Crippen LogP contribution < -0.4 is 11.1 Å². The van der Waals surface area contributed by atoms with Crippen molar-refractivity contribution in [3.8, 4) is 0 Å². The molecule has 0 aromatic rings. The van der Waals surface area contributed by atoms with Crippen LogP contribution in [0.2, 0.25) is 0 Å². The van der Waals surface area contributed by atoms with Gasteiger partial charge in [0.1, 0.15) is 5.68 Å². The summed E-state index contributed by atoms with van der Waals surface area (Å²) in [4.78, 5) is 11.2. The summed E-state index contributed by atoms with van der Waals surface area (Å²) in [6.45, 7) is 7.49. The van der Waals surface area contributed by atoms with Gasteiger partial charge in [-0.3, -0.25) is 0 Å². The Bertz CT molecular complexity index is 152. The van der Waals surface area contributed by atoms with E-state index >= 15 is 0 Å². The number of carbonyl (C=O) groups is 1. The molecule has 0 aromatic heterocycles. The first-order chi connectivity index (χ1) is 5.34. The monoisotopic (exact) mass is 169 g/mol. The molecule has 12 heavy (non-hydrogen) atoms. The Labute approximate surface area is 75.3 Å². The fraction of sp³-hybridized carbons (Fsp3) is 0.875. The number of nitrogens with one attached hydrogen (secondary N) is 1. The normalized spacial score (nSPS) is 11.8. The van der Waals surface area contributed by atoms with Crippen LogP contribution in [0.25, 0.3) is 0 Å². The summed E-state index contributed by atoms with van der Waals surface area (Å²) in [6.07, 6.45) is 0.594. The number of carbonyl (C=O) groups excluding carboxylic acids is 1. The zero-order chi connectivity index (χ0) is 9.78. The van der Waals surface area contributed by atoms with Gasteiger partial charge in [0.25, 0.3) is 0 Å². The van der Waals surface area contributed by atoms with Crippen molar-refractivity contribution < 1.29 is 4.79 Å². The standard InChI is InChI=1S/C8H18BN2O/c1-6(2)11-5-9-7(12)8(3,4)10/h6,11H,5,10H2,1-4H3. The van der Waals surface area contributed by atoms with Gasteiger partial charge in [0.2, 0.25) is 7.28 Å². The van der Waals surface area contributed by atoms with E-state index in [0.29, 0.717) is 12.5 Å². The highest BCUT2D eigenvalue weighted by Gasteiger charge is 2.21. The molecule has 1 radical (unpaired) electrons. The minimum absolute atomic E-state index is 0.0179. The van der Waals surface area contributed by atoms with E-state index in [1.165, 1.54) is 0 Å². The van der Waals surface area contributed by atoms with Gasteiger partial charge < -0.3 is 15.8 Å². The van der Waals surface area contributed by atoms with Crippen molar-refractivity contribution >= 4 is 13.0 Å². The molecule has 0 saturated carbocycles. The average Bonchev–Trinajstić information content (AvgIpc) is 1.84. The van der Waals surface area contributed by atoms with Gasteiger partial charge >= 0.3 is 0 Å². The summed E-state index contributed by atoms with van der Waals surface area (Å²) in [5.74, 6) is 0. The van der Waals surface area contributed by atoms with Crippen molar-refractivity contribution in [1.82, 2.24) is 5.32 Å². The van der Waals surface area contributed by atoms with Gasteiger partial charge in [-0.2, -0.15) is 0 Å². The highest BCUT2D eigenvalue weighted by atomic mass is 16.1. The molecule has 0 bridgehead atoms. The molecule has 0 unspecified atom stereocenters. The zero-order valence-electron chi connectivity index (χ0n) is 8.35. The molecular formula is C8H18BN2O. The van der Waals surface area contributed by atoms with Gasteiger partial charge in [0.05, 0.1) is 5.54 Å². The molecule has 69 valence electrons. The summed E-state index contributed by atoms with van der Waals surface area (Å²) < 4.78 is 0. The van der Waals surface area contributed by atoms with Gasteiger partial charge in [0, 0.05) is 6.04 Å². The van der Waals surface area contributed by atoms with Crippen LogP contribution in [0.3, 0.4) is 0 Å². The summed E-state index contributed by atoms with van der Waals surface area (Å²) >= 11 is 0. The molecule has 0 atom stereocenters. The minimum Gasteiger partial charge on any atom is -0.322 e. The fourth-order valence-electron chi connectivity index (χ4n) is 0.650. The highest BCUT2D eigenvalue weighted by Crippen LogP contribution is 1.96. The maximum atomic E-state index is 11.2. The lowest BCUT2D eigenvalue weighted by atomic mass is 9.66. The topological polar surface area (TPSA) is 55.1 Å². The lowest BCUT2D eigenvalue weighted by Crippen LogP contribution is -2.47. The van der Waals surface area contributed by atoms with E-state index in [1.807, 2.05) is 13.8 Å². The summed E-state index contributed by atoms with van der Waals surface area (Å²) in [5, 5.41) is 3.12. The number of nitrogens with two attached hydrogens (primary N) is 1. The number of rotatable bonds is 5. The molecule has 3 nitrogen and oxygen atoms in total. The first-order valence-electron chi connectivity index (χ1n) is 4.24. The molecule has 0 saturated heterocycles. The van der Waals surface area contributed by atoms with Crippen LogP contribution in [0, 0.1) is 0 Å². The van der Waals surface area contributed by atoms with E-state index in [-0.39, 0.29) is 5.68 Å². The van der Waals surface area contributed by atoms with Crippen LogP contribution in [-0.4, -0.2) is 31.0 Å². The Kier molecular flexibility index (Phi) is 4.49. The first kappa shape index (κ1) is 11.7. The van der Waals surface area contributed by atoms with Gasteiger partial charge in [-0.15, -0.1) is 0 Å². The molecule has 4 heteroatoms. The Hall–Kier alpha value is -0.345. The van der Waals surface area contributed by atoms with E-state index < -0.39 is 5.54 Å². The van der Waals surface area contributed by atoms with Crippen LogP contribution in [-0.2, 0) is 4.79 Å². The summed E-state index contributed by atoms with van der Waals surface area (Å²) in [5.41, 5.74) is 4.83. The molecule has 0 aliphatic heterocycles. The van der Waals surface area contributed by atoms with Crippen molar-refractivity contribution in [3.63, 3.8) is 0 Å². The second-order valence-corrected chi connectivity index (χ2v) is 3.85. The third-order valence-electron chi connectivity index (χ3n) is 1.45. The molecule has 0 aliphatic carbocycles. The molecule has 0 spiro atoms. The Morgan fingerprint density at radius 3 is 2.42 bits per heavy atom. The van der Waals surface area contributed by atoms with Gasteiger partial charge in [-0.05, 0) is 20.3 Å². The zero-order valence-corrected chi connectivity index (χ0v) is 8.35.